The van der Waals surface area contributed by atoms with Crippen molar-refractivity contribution in [2.24, 2.45) is 0 Å². The summed E-state index contributed by atoms with van der Waals surface area (Å²) in [5.41, 5.74) is 6.06. The van der Waals surface area contributed by atoms with Crippen LogP contribution in [-0.2, 0) is 0 Å². The van der Waals surface area contributed by atoms with Crippen molar-refractivity contribution < 1.29 is 4.39 Å². The van der Waals surface area contributed by atoms with E-state index < -0.39 is 5.82 Å². The van der Waals surface area contributed by atoms with Crippen LogP contribution in [0.1, 0.15) is 5.56 Å². The third-order valence-electron chi connectivity index (χ3n) is 2.04. The number of nitrogen functional groups attached to an aromatic ring is 1. The van der Waals surface area contributed by atoms with Gasteiger partial charge in [0.05, 0.1) is 23.6 Å². The maximum absolute atomic E-state index is 12.9. The van der Waals surface area contributed by atoms with Crippen LogP contribution < -0.4 is 11.1 Å². The van der Waals surface area contributed by atoms with Gasteiger partial charge in [-0.1, -0.05) is 0 Å². The minimum atomic E-state index is -0.463. The lowest BCUT2D eigenvalue weighted by atomic mass is 10.2. The number of hydrogen-bond donors (Lipinski definition) is 2. The molecule has 0 saturated carbocycles. The smallest absolute Gasteiger partial charge is 0.149 e. The van der Waals surface area contributed by atoms with Crippen LogP contribution in [0.5, 0.6) is 0 Å². The van der Waals surface area contributed by atoms with E-state index in [9.17, 15) is 4.39 Å². The molecule has 84 valence electrons. The van der Waals surface area contributed by atoms with Crippen molar-refractivity contribution in [1.29, 1.82) is 5.26 Å². The third kappa shape index (κ3) is 2.46. The molecule has 0 bridgehead atoms. The highest BCUT2D eigenvalue weighted by molar-refractivity contribution is 5.64. The highest BCUT2D eigenvalue weighted by Gasteiger charge is 2.04. The lowest BCUT2D eigenvalue weighted by Crippen LogP contribution is -1.99. The van der Waals surface area contributed by atoms with Gasteiger partial charge in [-0.2, -0.15) is 5.26 Å². The number of nitrogens with one attached hydrogen (secondary N) is 1. The fourth-order valence-corrected chi connectivity index (χ4v) is 1.26. The molecule has 0 aliphatic heterocycles. The number of anilines is 3. The van der Waals surface area contributed by atoms with Gasteiger partial charge in [0.2, 0.25) is 0 Å². The molecule has 1 heterocycles. The fourth-order valence-electron chi connectivity index (χ4n) is 1.26. The van der Waals surface area contributed by atoms with Gasteiger partial charge >= 0.3 is 0 Å². The SMILES string of the molecule is N#Cc1cc(F)ccc1Nc1cnc(N)cn1. The maximum atomic E-state index is 12.9. The first-order chi connectivity index (χ1) is 8.19. The predicted molar refractivity (Wildman–Crippen MR) is 60.8 cm³/mol. The lowest BCUT2D eigenvalue weighted by Gasteiger charge is -2.06. The lowest BCUT2D eigenvalue weighted by molar-refractivity contribution is 0.627. The molecular weight excluding hydrogens is 221 g/mol. The molecule has 0 radical (unpaired) electrons. The van der Waals surface area contributed by atoms with E-state index in [0.717, 1.165) is 6.07 Å². The molecule has 1 aromatic carbocycles. The Morgan fingerprint density at radius 2 is 2.12 bits per heavy atom. The largest absolute Gasteiger partial charge is 0.382 e. The zero-order valence-electron chi connectivity index (χ0n) is 8.68. The highest BCUT2D eigenvalue weighted by atomic mass is 19.1. The zero-order chi connectivity index (χ0) is 12.3. The van der Waals surface area contributed by atoms with Crippen LogP contribution in [0.25, 0.3) is 0 Å². The van der Waals surface area contributed by atoms with E-state index in [4.69, 9.17) is 11.0 Å². The summed E-state index contributed by atoms with van der Waals surface area (Å²) in [6, 6.07) is 5.76. The number of hydrogen-bond acceptors (Lipinski definition) is 5. The third-order valence-corrected chi connectivity index (χ3v) is 2.04. The van der Waals surface area contributed by atoms with E-state index in [1.54, 1.807) is 0 Å². The number of nitrogens with two attached hydrogens (primary N) is 1. The first-order valence-electron chi connectivity index (χ1n) is 4.73. The molecule has 0 spiro atoms. The number of rotatable bonds is 2. The molecule has 2 rings (SSSR count). The Morgan fingerprint density at radius 1 is 1.29 bits per heavy atom. The van der Waals surface area contributed by atoms with E-state index in [0.29, 0.717) is 17.3 Å². The fraction of sp³-hybridized carbons (Fsp3) is 0. The van der Waals surface area contributed by atoms with Crippen molar-refractivity contribution in [2.75, 3.05) is 11.1 Å². The van der Waals surface area contributed by atoms with E-state index in [1.807, 2.05) is 6.07 Å². The van der Waals surface area contributed by atoms with E-state index in [1.165, 1.54) is 24.5 Å². The standard InChI is InChI=1S/C11H8FN5/c12-8-1-2-9(7(3-8)4-13)17-11-6-15-10(14)5-16-11/h1-3,5-6H,(H2,14,15)(H,16,17). The monoisotopic (exact) mass is 229 g/mol. The molecule has 0 fully saturated rings. The van der Waals surface area contributed by atoms with Crippen molar-refractivity contribution in [2.45, 2.75) is 0 Å². The van der Waals surface area contributed by atoms with Gasteiger partial charge in [0.15, 0.2) is 0 Å². The van der Waals surface area contributed by atoms with Crippen LogP contribution in [0.4, 0.5) is 21.7 Å². The Bertz CT molecular complexity index is 573. The van der Waals surface area contributed by atoms with Crippen molar-refractivity contribution in [3.63, 3.8) is 0 Å². The van der Waals surface area contributed by atoms with Gasteiger partial charge in [0.25, 0.3) is 0 Å². The summed E-state index contributed by atoms with van der Waals surface area (Å²) < 4.78 is 12.9. The van der Waals surface area contributed by atoms with Crippen LogP contribution in [0.3, 0.4) is 0 Å². The number of nitrogens with zero attached hydrogens (tertiary/aromatic N) is 3. The molecule has 2 aromatic rings. The molecule has 0 atom stereocenters. The average Bonchev–Trinajstić information content (AvgIpc) is 2.34. The van der Waals surface area contributed by atoms with Gasteiger partial charge in [-0.05, 0) is 18.2 Å². The van der Waals surface area contributed by atoms with Crippen molar-refractivity contribution in [3.8, 4) is 6.07 Å². The summed E-state index contributed by atoms with van der Waals surface area (Å²) in [5.74, 6) is 0.271. The Kier molecular flexibility index (Phi) is 2.83. The van der Waals surface area contributed by atoms with Crippen molar-refractivity contribution >= 4 is 17.3 Å². The molecule has 3 N–H and O–H groups in total. The first-order valence-corrected chi connectivity index (χ1v) is 4.73. The normalized spacial score (nSPS) is 9.65. The molecule has 0 aliphatic rings. The van der Waals surface area contributed by atoms with Crippen molar-refractivity contribution in [1.82, 2.24) is 9.97 Å². The van der Waals surface area contributed by atoms with E-state index >= 15 is 0 Å². The van der Waals surface area contributed by atoms with Gasteiger partial charge in [-0.3, -0.25) is 0 Å². The van der Waals surface area contributed by atoms with Gasteiger partial charge in [-0.25, -0.2) is 14.4 Å². The van der Waals surface area contributed by atoms with Gasteiger partial charge in [-0.15, -0.1) is 0 Å². The second-order valence-electron chi connectivity index (χ2n) is 3.25. The quantitative estimate of drug-likeness (QED) is 0.819. The minimum absolute atomic E-state index is 0.198. The zero-order valence-corrected chi connectivity index (χ0v) is 8.68. The number of nitriles is 1. The topological polar surface area (TPSA) is 87.6 Å². The second kappa shape index (κ2) is 4.45. The molecule has 17 heavy (non-hydrogen) atoms. The molecule has 1 aromatic heterocycles. The molecule has 6 heteroatoms. The van der Waals surface area contributed by atoms with E-state index in [-0.39, 0.29) is 5.56 Å². The molecule has 0 unspecified atom stereocenters. The molecule has 5 nitrogen and oxygen atoms in total. The number of halogens is 1. The predicted octanol–water partition coefficient (Wildman–Crippen LogP) is 1.81. The average molecular weight is 229 g/mol. The second-order valence-corrected chi connectivity index (χ2v) is 3.25. The van der Waals surface area contributed by atoms with E-state index in [2.05, 4.69) is 15.3 Å². The summed E-state index contributed by atoms with van der Waals surface area (Å²) in [7, 11) is 0. The van der Waals surface area contributed by atoms with Crippen molar-refractivity contribution in [3.05, 3.63) is 42.0 Å². The van der Waals surface area contributed by atoms with Crippen LogP contribution >= 0.6 is 0 Å². The minimum Gasteiger partial charge on any atom is -0.382 e. The summed E-state index contributed by atoms with van der Waals surface area (Å²) in [6.45, 7) is 0. The summed E-state index contributed by atoms with van der Waals surface area (Å²) in [6.07, 6.45) is 2.82. The summed E-state index contributed by atoms with van der Waals surface area (Å²) in [5, 5.41) is 11.7. The Morgan fingerprint density at radius 3 is 2.76 bits per heavy atom. The summed E-state index contributed by atoms with van der Waals surface area (Å²) >= 11 is 0. The molecule has 0 aliphatic carbocycles. The summed E-state index contributed by atoms with van der Waals surface area (Å²) in [4.78, 5) is 7.81. The number of benzene rings is 1. The maximum Gasteiger partial charge on any atom is 0.149 e. The molecule has 0 saturated heterocycles. The first kappa shape index (κ1) is 10.8. The molecular formula is C11H8FN5. The van der Waals surface area contributed by atoms with Crippen LogP contribution in [0.2, 0.25) is 0 Å². The van der Waals surface area contributed by atoms with Gasteiger partial charge in [0, 0.05) is 0 Å². The Hall–Kier alpha value is -2.68. The highest BCUT2D eigenvalue weighted by Crippen LogP contribution is 2.19. The van der Waals surface area contributed by atoms with Crippen LogP contribution in [-0.4, -0.2) is 9.97 Å². The van der Waals surface area contributed by atoms with Gasteiger partial charge < -0.3 is 11.1 Å². The Balaban J connectivity index is 2.30. The van der Waals surface area contributed by atoms with Crippen LogP contribution in [0.15, 0.2) is 30.6 Å². The molecule has 0 amide bonds. The number of aromatic nitrogens is 2. The van der Waals surface area contributed by atoms with Crippen LogP contribution in [0, 0.1) is 17.1 Å². The van der Waals surface area contributed by atoms with Gasteiger partial charge in [0.1, 0.15) is 23.5 Å². The Labute approximate surface area is 96.7 Å².